The predicted molar refractivity (Wildman–Crippen MR) is 180 cm³/mol. The van der Waals surface area contributed by atoms with Gasteiger partial charge in [0.2, 0.25) is 18.6 Å². The number of piperazine rings is 1. The molecule has 0 bridgehead atoms. The van der Waals surface area contributed by atoms with Gasteiger partial charge in [0.1, 0.15) is 0 Å². The zero-order valence-electron chi connectivity index (χ0n) is 25.6. The SMILES string of the molecule is CCN(CC(=O)N1CCN(Cc2ccc3c(c2)OCO3)CC1)c1ccc(Oc2ccc(Sc3ccc(Cl)c(Cl)c3)cn2)c(OC)c1. The molecular weight excluding hydrogens is 647 g/mol. The number of carbonyl (C=O) groups excluding carboxylic acids is 1. The minimum absolute atomic E-state index is 0.104. The summed E-state index contributed by atoms with van der Waals surface area (Å²) in [4.78, 5) is 26.0. The van der Waals surface area contributed by atoms with Crippen molar-refractivity contribution in [1.29, 1.82) is 0 Å². The average molecular weight is 682 g/mol. The first kappa shape index (κ1) is 32.1. The number of ether oxygens (including phenoxy) is 4. The Morgan fingerprint density at radius 1 is 0.913 bits per heavy atom. The highest BCUT2D eigenvalue weighted by atomic mass is 35.5. The second-order valence-corrected chi connectivity index (χ2v) is 12.8. The van der Waals surface area contributed by atoms with Crippen LogP contribution in [0.3, 0.4) is 0 Å². The minimum Gasteiger partial charge on any atom is -0.493 e. The molecule has 1 saturated heterocycles. The van der Waals surface area contributed by atoms with Crippen LogP contribution >= 0.6 is 35.0 Å². The van der Waals surface area contributed by atoms with Gasteiger partial charge in [-0.3, -0.25) is 9.69 Å². The Balaban J connectivity index is 1.02. The van der Waals surface area contributed by atoms with Crippen molar-refractivity contribution in [3.63, 3.8) is 0 Å². The van der Waals surface area contributed by atoms with E-state index in [0.717, 1.165) is 46.6 Å². The van der Waals surface area contributed by atoms with Gasteiger partial charge in [0.25, 0.3) is 0 Å². The van der Waals surface area contributed by atoms with Crippen molar-refractivity contribution in [2.45, 2.75) is 23.3 Å². The first-order valence-corrected chi connectivity index (χ1v) is 16.5. The summed E-state index contributed by atoms with van der Waals surface area (Å²) in [6.45, 7) is 7.07. The van der Waals surface area contributed by atoms with E-state index in [-0.39, 0.29) is 19.2 Å². The molecule has 3 heterocycles. The normalized spacial score (nSPS) is 14.3. The molecule has 0 spiro atoms. The number of hydrogen-bond acceptors (Lipinski definition) is 9. The number of pyridine rings is 1. The summed E-state index contributed by atoms with van der Waals surface area (Å²) in [5.74, 6) is 3.21. The van der Waals surface area contributed by atoms with E-state index in [4.69, 9.17) is 42.1 Å². The van der Waals surface area contributed by atoms with Crippen LogP contribution in [-0.4, -0.2) is 73.9 Å². The molecule has 6 rings (SSSR count). The number of hydrogen-bond donors (Lipinski definition) is 0. The van der Waals surface area contributed by atoms with Crippen LogP contribution in [0.1, 0.15) is 12.5 Å². The van der Waals surface area contributed by atoms with E-state index in [1.165, 1.54) is 17.3 Å². The third-order valence-corrected chi connectivity index (χ3v) is 9.54. The first-order chi connectivity index (χ1) is 22.4. The number of aromatic nitrogens is 1. The largest absolute Gasteiger partial charge is 0.493 e. The average Bonchev–Trinajstić information content (AvgIpc) is 3.55. The van der Waals surface area contributed by atoms with Crippen molar-refractivity contribution in [2.75, 3.05) is 58.1 Å². The van der Waals surface area contributed by atoms with Crippen LogP contribution in [0.4, 0.5) is 5.69 Å². The van der Waals surface area contributed by atoms with E-state index in [1.54, 1.807) is 25.4 Å². The highest BCUT2D eigenvalue weighted by molar-refractivity contribution is 7.99. The van der Waals surface area contributed by atoms with Crippen LogP contribution in [0.15, 0.2) is 82.7 Å². The Bertz CT molecular complexity index is 1690. The van der Waals surface area contributed by atoms with E-state index in [9.17, 15) is 4.79 Å². The van der Waals surface area contributed by atoms with Gasteiger partial charge in [-0.05, 0) is 61.0 Å². The molecule has 3 aromatic carbocycles. The summed E-state index contributed by atoms with van der Waals surface area (Å²) in [7, 11) is 1.60. The van der Waals surface area contributed by atoms with Gasteiger partial charge in [0.05, 0.1) is 23.7 Å². The van der Waals surface area contributed by atoms with Gasteiger partial charge >= 0.3 is 0 Å². The number of nitrogens with zero attached hydrogens (tertiary/aromatic N) is 4. The molecule has 0 aliphatic carbocycles. The van der Waals surface area contributed by atoms with Gasteiger partial charge in [0.15, 0.2) is 23.0 Å². The summed E-state index contributed by atoms with van der Waals surface area (Å²) in [5, 5.41) is 1.03. The van der Waals surface area contributed by atoms with Crippen molar-refractivity contribution < 1.29 is 23.7 Å². The molecule has 0 radical (unpaired) electrons. The first-order valence-electron chi connectivity index (χ1n) is 15.0. The fourth-order valence-corrected chi connectivity index (χ4v) is 6.50. The molecule has 2 aliphatic heterocycles. The van der Waals surface area contributed by atoms with Crippen molar-refractivity contribution in [3.05, 3.63) is 88.5 Å². The van der Waals surface area contributed by atoms with Crippen molar-refractivity contribution in [3.8, 4) is 28.9 Å². The number of methoxy groups -OCH3 is 1. The molecule has 4 aromatic rings. The number of anilines is 1. The molecule has 240 valence electrons. The third kappa shape index (κ3) is 7.75. The summed E-state index contributed by atoms with van der Waals surface area (Å²) in [6.07, 6.45) is 1.74. The summed E-state index contributed by atoms with van der Waals surface area (Å²) in [5.41, 5.74) is 2.05. The molecule has 0 N–H and O–H groups in total. The van der Waals surface area contributed by atoms with Gasteiger partial charge in [-0.1, -0.05) is 41.0 Å². The molecule has 2 aliphatic rings. The molecule has 1 fully saturated rings. The number of fused-ring (bicyclic) bond motifs is 1. The Kier molecular flexibility index (Phi) is 10.3. The Labute approximate surface area is 282 Å². The second-order valence-electron chi connectivity index (χ2n) is 10.8. The van der Waals surface area contributed by atoms with Gasteiger partial charge in [0, 0.05) is 73.1 Å². The monoisotopic (exact) mass is 680 g/mol. The Morgan fingerprint density at radius 2 is 1.72 bits per heavy atom. The van der Waals surface area contributed by atoms with Crippen molar-refractivity contribution >= 4 is 46.6 Å². The van der Waals surface area contributed by atoms with Gasteiger partial charge in [-0.2, -0.15) is 0 Å². The number of likely N-dealkylation sites (N-methyl/N-ethyl adjacent to an activating group) is 1. The Morgan fingerprint density at radius 3 is 2.46 bits per heavy atom. The number of carbonyl (C=O) groups is 1. The van der Waals surface area contributed by atoms with E-state index in [2.05, 4.69) is 16.0 Å². The smallest absolute Gasteiger partial charge is 0.242 e. The molecule has 12 heteroatoms. The van der Waals surface area contributed by atoms with Crippen LogP contribution in [-0.2, 0) is 11.3 Å². The van der Waals surface area contributed by atoms with Gasteiger partial charge < -0.3 is 28.7 Å². The zero-order chi connectivity index (χ0) is 32.0. The predicted octanol–water partition coefficient (Wildman–Crippen LogP) is 7.24. The summed E-state index contributed by atoms with van der Waals surface area (Å²) in [6, 6.07) is 21.0. The highest BCUT2D eigenvalue weighted by Gasteiger charge is 2.24. The molecule has 9 nitrogen and oxygen atoms in total. The van der Waals surface area contributed by atoms with E-state index >= 15 is 0 Å². The second kappa shape index (κ2) is 14.7. The molecular formula is C34H34Cl2N4O5S. The maximum atomic E-state index is 13.3. The van der Waals surface area contributed by atoms with Crippen LogP contribution in [0.5, 0.6) is 28.9 Å². The molecule has 1 amide bonds. The number of halogens is 2. The van der Waals surface area contributed by atoms with Crippen LogP contribution in [0.2, 0.25) is 10.0 Å². The Hall–Kier alpha value is -3.83. The standard InChI is InChI=1S/C34H34Cl2N4O5S/c1-3-39(21-34(41)40-14-12-38(13-15-40)20-23-4-9-29-32(16-23)44-22-43-29)24-5-10-30(31(17-24)42-2)45-33-11-7-26(19-37-33)46-25-6-8-27(35)28(36)18-25/h4-11,16-19H,3,12-15,20-22H2,1-2H3. The van der Waals surface area contributed by atoms with Crippen LogP contribution < -0.4 is 23.8 Å². The van der Waals surface area contributed by atoms with E-state index < -0.39 is 0 Å². The fourth-order valence-electron chi connectivity index (χ4n) is 5.32. The molecule has 1 aromatic heterocycles. The summed E-state index contributed by atoms with van der Waals surface area (Å²) < 4.78 is 22.7. The maximum Gasteiger partial charge on any atom is 0.242 e. The fraction of sp³-hybridized carbons (Fsp3) is 0.294. The maximum absolute atomic E-state index is 13.3. The molecule has 0 saturated carbocycles. The topological polar surface area (TPSA) is 76.6 Å². The third-order valence-electron chi connectivity index (χ3n) is 7.84. The lowest BCUT2D eigenvalue weighted by atomic mass is 10.1. The number of rotatable bonds is 11. The van der Waals surface area contributed by atoms with E-state index in [0.29, 0.717) is 47.1 Å². The van der Waals surface area contributed by atoms with Crippen molar-refractivity contribution in [2.24, 2.45) is 0 Å². The lowest BCUT2D eigenvalue weighted by Gasteiger charge is -2.36. The number of benzene rings is 3. The van der Waals surface area contributed by atoms with Crippen LogP contribution in [0, 0.1) is 0 Å². The van der Waals surface area contributed by atoms with Crippen LogP contribution in [0.25, 0.3) is 0 Å². The zero-order valence-corrected chi connectivity index (χ0v) is 27.9. The lowest BCUT2D eigenvalue weighted by molar-refractivity contribution is -0.131. The van der Waals surface area contributed by atoms with E-state index in [1.807, 2.05) is 65.3 Å². The summed E-state index contributed by atoms with van der Waals surface area (Å²) >= 11 is 13.7. The van der Waals surface area contributed by atoms with Gasteiger partial charge in [-0.15, -0.1) is 0 Å². The molecule has 46 heavy (non-hydrogen) atoms. The molecule has 0 atom stereocenters. The van der Waals surface area contributed by atoms with Gasteiger partial charge in [-0.25, -0.2) is 4.98 Å². The quantitative estimate of drug-likeness (QED) is 0.163. The lowest BCUT2D eigenvalue weighted by Crippen LogP contribution is -2.51. The highest BCUT2D eigenvalue weighted by Crippen LogP contribution is 2.37. The molecule has 0 unspecified atom stereocenters. The van der Waals surface area contributed by atoms with Crippen molar-refractivity contribution in [1.82, 2.24) is 14.8 Å². The minimum atomic E-state index is 0.104. The number of amides is 1.